The number of carbonyl (C=O) groups is 2. The highest BCUT2D eigenvalue weighted by atomic mass is 16.5. The van der Waals surface area contributed by atoms with Crippen molar-refractivity contribution in [1.29, 1.82) is 0 Å². The average Bonchev–Trinajstić information content (AvgIpc) is 2.18. The molecular formula is C11H21NO3. The average molecular weight is 215 g/mol. The molecule has 0 bridgehead atoms. The molecule has 0 aromatic heterocycles. The highest BCUT2D eigenvalue weighted by Gasteiger charge is 2.23. The third-order valence-corrected chi connectivity index (χ3v) is 2.25. The highest BCUT2D eigenvalue weighted by molar-refractivity contribution is 5.82. The molecule has 88 valence electrons. The summed E-state index contributed by atoms with van der Waals surface area (Å²) in [4.78, 5) is 24.3. The van der Waals surface area contributed by atoms with E-state index in [4.69, 9.17) is 4.74 Å². The quantitative estimate of drug-likeness (QED) is 0.632. The van der Waals surface area contributed by atoms with Crippen molar-refractivity contribution >= 4 is 11.9 Å². The number of amides is 1. The summed E-state index contributed by atoms with van der Waals surface area (Å²) in [7, 11) is 0. The van der Waals surface area contributed by atoms with Crippen LogP contribution < -0.4 is 0 Å². The van der Waals surface area contributed by atoms with Crippen molar-refractivity contribution in [2.45, 2.75) is 46.6 Å². The molecule has 0 saturated heterocycles. The molecule has 0 rings (SSSR count). The van der Waals surface area contributed by atoms with Crippen molar-refractivity contribution in [2.24, 2.45) is 0 Å². The number of unbranched alkanes of at least 4 members (excludes halogenated alkanes) is 1. The fourth-order valence-electron chi connectivity index (χ4n) is 1.34. The molecule has 4 nitrogen and oxygen atoms in total. The van der Waals surface area contributed by atoms with E-state index in [1.54, 1.807) is 18.7 Å². The first-order chi connectivity index (χ1) is 7.04. The first-order valence-electron chi connectivity index (χ1n) is 5.48. The second-order valence-corrected chi connectivity index (χ2v) is 3.49. The van der Waals surface area contributed by atoms with Crippen LogP contribution in [0.3, 0.4) is 0 Å². The standard InChI is InChI=1S/C11H21NO3/c1-5-7-8-12(10(4)13)9(3)11(14)15-6-2/h9H,5-8H2,1-4H3/t9-/m0/s1. The normalized spacial score (nSPS) is 12.0. The summed E-state index contributed by atoms with van der Waals surface area (Å²) in [6, 6.07) is -0.478. The molecule has 0 aromatic carbocycles. The Morgan fingerprint density at radius 1 is 1.33 bits per heavy atom. The van der Waals surface area contributed by atoms with Gasteiger partial charge in [0.05, 0.1) is 6.61 Å². The summed E-state index contributed by atoms with van der Waals surface area (Å²) in [6.07, 6.45) is 1.91. The zero-order valence-electron chi connectivity index (χ0n) is 10.1. The minimum absolute atomic E-state index is 0.0796. The fraction of sp³-hybridized carbons (Fsp3) is 0.818. The Morgan fingerprint density at radius 2 is 1.93 bits per heavy atom. The fourth-order valence-corrected chi connectivity index (χ4v) is 1.34. The van der Waals surface area contributed by atoms with Gasteiger partial charge in [-0.05, 0) is 20.3 Å². The first-order valence-corrected chi connectivity index (χ1v) is 5.48. The van der Waals surface area contributed by atoms with Gasteiger partial charge in [0.25, 0.3) is 0 Å². The first kappa shape index (κ1) is 13.9. The Morgan fingerprint density at radius 3 is 2.33 bits per heavy atom. The number of rotatable bonds is 6. The maximum Gasteiger partial charge on any atom is 0.328 e. The molecule has 0 aliphatic carbocycles. The summed E-state index contributed by atoms with van der Waals surface area (Å²) < 4.78 is 4.88. The maximum absolute atomic E-state index is 11.4. The van der Waals surface area contributed by atoms with E-state index in [9.17, 15) is 9.59 Å². The monoisotopic (exact) mass is 215 g/mol. The van der Waals surface area contributed by atoms with Gasteiger partial charge in [0.1, 0.15) is 6.04 Å². The SMILES string of the molecule is CCCCN(C(C)=O)[C@@H](C)C(=O)OCC. The summed E-state index contributed by atoms with van der Waals surface area (Å²) in [5, 5.41) is 0. The molecule has 0 aromatic rings. The van der Waals surface area contributed by atoms with Crippen LogP contribution in [0, 0.1) is 0 Å². The molecule has 0 saturated carbocycles. The molecule has 0 fully saturated rings. The molecule has 15 heavy (non-hydrogen) atoms. The molecule has 0 spiro atoms. The van der Waals surface area contributed by atoms with E-state index in [2.05, 4.69) is 0 Å². The lowest BCUT2D eigenvalue weighted by atomic mass is 10.2. The van der Waals surface area contributed by atoms with E-state index in [1.807, 2.05) is 6.92 Å². The minimum Gasteiger partial charge on any atom is -0.464 e. The largest absolute Gasteiger partial charge is 0.464 e. The van der Waals surface area contributed by atoms with E-state index < -0.39 is 6.04 Å². The maximum atomic E-state index is 11.4. The van der Waals surface area contributed by atoms with Crippen LogP contribution in [0.25, 0.3) is 0 Å². The lowest BCUT2D eigenvalue weighted by Crippen LogP contribution is -2.43. The summed E-state index contributed by atoms with van der Waals surface area (Å²) in [5.41, 5.74) is 0. The van der Waals surface area contributed by atoms with E-state index >= 15 is 0 Å². The number of ether oxygens (including phenoxy) is 1. The van der Waals surface area contributed by atoms with Crippen LogP contribution in [-0.4, -0.2) is 36.0 Å². The van der Waals surface area contributed by atoms with Gasteiger partial charge >= 0.3 is 5.97 Å². The van der Waals surface area contributed by atoms with Gasteiger partial charge in [-0.15, -0.1) is 0 Å². The van der Waals surface area contributed by atoms with Crippen LogP contribution in [0.15, 0.2) is 0 Å². The van der Waals surface area contributed by atoms with Crippen molar-refractivity contribution in [3.8, 4) is 0 Å². The van der Waals surface area contributed by atoms with Gasteiger partial charge in [-0.25, -0.2) is 4.79 Å². The molecule has 0 heterocycles. The zero-order valence-corrected chi connectivity index (χ0v) is 10.1. The predicted molar refractivity (Wildman–Crippen MR) is 58.4 cm³/mol. The van der Waals surface area contributed by atoms with Crippen molar-refractivity contribution < 1.29 is 14.3 Å². The van der Waals surface area contributed by atoms with Gasteiger partial charge in [-0.3, -0.25) is 4.79 Å². The molecule has 0 radical (unpaired) electrons. The Kier molecular flexibility index (Phi) is 6.75. The van der Waals surface area contributed by atoms with E-state index in [1.165, 1.54) is 6.92 Å². The number of esters is 1. The predicted octanol–water partition coefficient (Wildman–Crippen LogP) is 1.59. The van der Waals surface area contributed by atoms with Crippen LogP contribution in [0.2, 0.25) is 0 Å². The van der Waals surface area contributed by atoms with Gasteiger partial charge in [0, 0.05) is 13.5 Å². The molecule has 0 unspecified atom stereocenters. The number of hydrogen-bond donors (Lipinski definition) is 0. The van der Waals surface area contributed by atoms with Crippen molar-refractivity contribution in [2.75, 3.05) is 13.2 Å². The minimum atomic E-state index is -0.478. The van der Waals surface area contributed by atoms with Crippen LogP contribution in [0.5, 0.6) is 0 Å². The molecule has 0 aliphatic rings. The van der Waals surface area contributed by atoms with Crippen LogP contribution in [0.1, 0.15) is 40.5 Å². The number of nitrogens with zero attached hydrogens (tertiary/aromatic N) is 1. The topological polar surface area (TPSA) is 46.6 Å². The van der Waals surface area contributed by atoms with Gasteiger partial charge in [-0.2, -0.15) is 0 Å². The Hall–Kier alpha value is -1.06. The molecule has 4 heteroatoms. The van der Waals surface area contributed by atoms with Crippen molar-refractivity contribution in [1.82, 2.24) is 4.90 Å². The van der Waals surface area contributed by atoms with Crippen LogP contribution >= 0.6 is 0 Å². The van der Waals surface area contributed by atoms with Gasteiger partial charge in [0.2, 0.25) is 5.91 Å². The van der Waals surface area contributed by atoms with E-state index in [-0.39, 0.29) is 11.9 Å². The Labute approximate surface area is 91.6 Å². The van der Waals surface area contributed by atoms with Gasteiger partial charge < -0.3 is 9.64 Å². The third-order valence-electron chi connectivity index (χ3n) is 2.25. The van der Waals surface area contributed by atoms with Crippen molar-refractivity contribution in [3.63, 3.8) is 0 Å². The second-order valence-electron chi connectivity index (χ2n) is 3.49. The van der Waals surface area contributed by atoms with E-state index in [0.717, 1.165) is 12.8 Å². The number of hydrogen-bond acceptors (Lipinski definition) is 3. The summed E-state index contributed by atoms with van der Waals surface area (Å²) in [6.45, 7) is 7.96. The van der Waals surface area contributed by atoms with Gasteiger partial charge in [-0.1, -0.05) is 13.3 Å². The van der Waals surface area contributed by atoms with Crippen LogP contribution in [0.4, 0.5) is 0 Å². The Bertz CT molecular complexity index is 216. The molecule has 0 aliphatic heterocycles. The molecule has 1 amide bonds. The third kappa shape index (κ3) is 4.81. The second kappa shape index (κ2) is 7.26. The highest BCUT2D eigenvalue weighted by Crippen LogP contribution is 2.04. The van der Waals surface area contributed by atoms with Gasteiger partial charge in [0.15, 0.2) is 0 Å². The smallest absolute Gasteiger partial charge is 0.328 e. The molecular weight excluding hydrogens is 194 g/mol. The zero-order chi connectivity index (χ0) is 11.8. The lowest BCUT2D eigenvalue weighted by Gasteiger charge is -2.26. The van der Waals surface area contributed by atoms with Crippen LogP contribution in [-0.2, 0) is 14.3 Å². The molecule has 1 atom stereocenters. The van der Waals surface area contributed by atoms with E-state index in [0.29, 0.717) is 13.2 Å². The molecule has 0 N–H and O–H groups in total. The summed E-state index contributed by atoms with van der Waals surface area (Å²) in [5.74, 6) is -0.409. The Balaban J connectivity index is 4.33. The summed E-state index contributed by atoms with van der Waals surface area (Å²) >= 11 is 0. The van der Waals surface area contributed by atoms with Crippen molar-refractivity contribution in [3.05, 3.63) is 0 Å². The number of carbonyl (C=O) groups excluding carboxylic acids is 2. The lowest BCUT2D eigenvalue weighted by molar-refractivity contribution is -0.153.